The number of fused-ring (bicyclic) bond motifs is 1. The highest BCUT2D eigenvalue weighted by molar-refractivity contribution is 5.79. The van der Waals surface area contributed by atoms with E-state index in [9.17, 15) is 4.79 Å². The van der Waals surface area contributed by atoms with Gasteiger partial charge in [-0.2, -0.15) is 10.2 Å². The van der Waals surface area contributed by atoms with Crippen molar-refractivity contribution in [2.24, 2.45) is 7.05 Å². The van der Waals surface area contributed by atoms with Gasteiger partial charge >= 0.3 is 0 Å². The lowest BCUT2D eigenvalue weighted by atomic mass is 10.1. The van der Waals surface area contributed by atoms with Gasteiger partial charge in [0.25, 0.3) is 0 Å². The highest BCUT2D eigenvalue weighted by Crippen LogP contribution is 2.17. The molecule has 120 valence electrons. The number of amides is 1. The van der Waals surface area contributed by atoms with E-state index in [0.29, 0.717) is 13.0 Å². The average molecular weight is 311 g/mol. The third-order valence-electron chi connectivity index (χ3n) is 4.04. The van der Waals surface area contributed by atoms with Gasteiger partial charge < -0.3 is 5.32 Å². The van der Waals surface area contributed by atoms with Crippen LogP contribution in [0.4, 0.5) is 0 Å². The largest absolute Gasteiger partial charge is 0.350 e. The van der Waals surface area contributed by atoms with Crippen LogP contribution < -0.4 is 5.32 Å². The number of carbonyl (C=O) groups excluding carboxylic acids is 1. The van der Waals surface area contributed by atoms with Crippen molar-refractivity contribution in [1.82, 2.24) is 24.9 Å². The topological polar surface area (TPSA) is 64.7 Å². The van der Waals surface area contributed by atoms with Crippen molar-refractivity contribution in [1.29, 1.82) is 0 Å². The summed E-state index contributed by atoms with van der Waals surface area (Å²) >= 11 is 0. The molecule has 6 nitrogen and oxygen atoms in total. The highest BCUT2D eigenvalue weighted by Gasteiger charge is 2.13. The zero-order chi connectivity index (χ0) is 16.4. The van der Waals surface area contributed by atoms with Gasteiger partial charge in [-0.05, 0) is 19.4 Å². The Labute approximate surface area is 135 Å². The molecule has 2 aromatic heterocycles. The minimum Gasteiger partial charge on any atom is -0.350 e. The molecule has 3 aromatic rings. The van der Waals surface area contributed by atoms with Gasteiger partial charge in [0.1, 0.15) is 11.0 Å². The molecule has 2 heterocycles. The van der Waals surface area contributed by atoms with E-state index in [0.717, 1.165) is 22.3 Å². The quantitative estimate of drug-likeness (QED) is 0.786. The van der Waals surface area contributed by atoms with Crippen LogP contribution in [-0.4, -0.2) is 25.5 Å². The van der Waals surface area contributed by atoms with E-state index >= 15 is 0 Å². The molecule has 0 aliphatic carbocycles. The van der Waals surface area contributed by atoms with Crippen LogP contribution in [0.15, 0.2) is 36.5 Å². The lowest BCUT2D eigenvalue weighted by molar-refractivity contribution is -0.122. The first kappa shape index (κ1) is 15.3. The van der Waals surface area contributed by atoms with Crippen molar-refractivity contribution in [2.45, 2.75) is 32.9 Å². The fourth-order valence-corrected chi connectivity index (χ4v) is 2.83. The summed E-state index contributed by atoms with van der Waals surface area (Å²) in [6.07, 6.45) is 2.18. The van der Waals surface area contributed by atoms with E-state index in [1.807, 2.05) is 60.6 Å². The van der Waals surface area contributed by atoms with Crippen molar-refractivity contribution in [3.8, 4) is 0 Å². The molecule has 3 rings (SSSR count). The number of carbonyl (C=O) groups is 1. The Morgan fingerprint density at radius 3 is 2.78 bits per heavy atom. The molecule has 1 atom stereocenters. The maximum Gasteiger partial charge on any atom is 0.222 e. The van der Waals surface area contributed by atoms with Crippen LogP contribution in [0, 0.1) is 6.92 Å². The fraction of sp³-hybridized carbons (Fsp3) is 0.353. The predicted octanol–water partition coefficient (Wildman–Crippen LogP) is 2.35. The van der Waals surface area contributed by atoms with E-state index in [4.69, 9.17) is 0 Å². The van der Waals surface area contributed by atoms with Gasteiger partial charge in [-0.25, -0.2) is 0 Å². The Hall–Kier alpha value is -2.63. The number of aromatic nitrogens is 4. The van der Waals surface area contributed by atoms with Crippen LogP contribution >= 0.6 is 0 Å². The molecule has 0 aliphatic rings. The molecule has 23 heavy (non-hydrogen) atoms. The highest BCUT2D eigenvalue weighted by atomic mass is 16.1. The summed E-state index contributed by atoms with van der Waals surface area (Å²) in [5.74, 6) is 0.0200. The van der Waals surface area contributed by atoms with E-state index in [1.165, 1.54) is 0 Å². The van der Waals surface area contributed by atoms with E-state index in [1.54, 1.807) is 6.20 Å². The first-order valence-corrected chi connectivity index (χ1v) is 7.75. The molecule has 0 aliphatic heterocycles. The fourth-order valence-electron chi connectivity index (χ4n) is 2.83. The molecule has 0 saturated heterocycles. The van der Waals surface area contributed by atoms with Crippen molar-refractivity contribution in [3.05, 3.63) is 47.8 Å². The number of aryl methyl sites for hydroxylation is 3. The number of benzene rings is 1. The number of hydrogen-bond donors (Lipinski definition) is 1. The molecule has 0 radical (unpaired) electrons. The lowest BCUT2D eigenvalue weighted by Crippen LogP contribution is -2.27. The second kappa shape index (κ2) is 6.24. The molecule has 0 saturated carbocycles. The molecule has 0 bridgehead atoms. The normalized spacial score (nSPS) is 12.5. The summed E-state index contributed by atoms with van der Waals surface area (Å²) in [5.41, 5.74) is 4.01. The third kappa shape index (κ3) is 3.11. The second-order valence-electron chi connectivity index (χ2n) is 5.76. The van der Waals surface area contributed by atoms with Crippen LogP contribution in [0.2, 0.25) is 0 Å². The lowest BCUT2D eigenvalue weighted by Gasteiger charge is -2.14. The maximum atomic E-state index is 12.2. The van der Waals surface area contributed by atoms with Crippen molar-refractivity contribution >= 4 is 16.9 Å². The molecule has 1 aromatic carbocycles. The van der Waals surface area contributed by atoms with E-state index < -0.39 is 0 Å². The average Bonchev–Trinajstić information content (AvgIpc) is 3.08. The Bertz CT molecular complexity index is 818. The van der Waals surface area contributed by atoms with Gasteiger partial charge in [-0.15, -0.1) is 0 Å². The van der Waals surface area contributed by atoms with Crippen molar-refractivity contribution < 1.29 is 4.79 Å². The van der Waals surface area contributed by atoms with Crippen molar-refractivity contribution in [3.63, 3.8) is 0 Å². The monoisotopic (exact) mass is 311 g/mol. The van der Waals surface area contributed by atoms with Crippen LogP contribution in [-0.2, 0) is 18.4 Å². The maximum absolute atomic E-state index is 12.2. The van der Waals surface area contributed by atoms with Gasteiger partial charge in [-0.3, -0.25) is 14.2 Å². The molecule has 6 heteroatoms. The summed E-state index contributed by atoms with van der Waals surface area (Å²) in [4.78, 5) is 12.2. The number of nitrogens with one attached hydrogen (secondary N) is 1. The minimum absolute atomic E-state index is 0.00136. The van der Waals surface area contributed by atoms with Gasteiger partial charge in [0.05, 0.1) is 24.5 Å². The van der Waals surface area contributed by atoms with E-state index in [-0.39, 0.29) is 11.9 Å². The first-order chi connectivity index (χ1) is 11.1. The summed E-state index contributed by atoms with van der Waals surface area (Å²) in [6.45, 7) is 4.49. The summed E-state index contributed by atoms with van der Waals surface area (Å²) < 4.78 is 3.66. The van der Waals surface area contributed by atoms with E-state index in [2.05, 4.69) is 15.5 Å². The summed E-state index contributed by atoms with van der Waals surface area (Å²) in [6, 6.07) is 9.95. The first-order valence-electron chi connectivity index (χ1n) is 7.75. The molecular formula is C17H21N5O. The van der Waals surface area contributed by atoms with Gasteiger partial charge in [0.2, 0.25) is 5.91 Å². The SMILES string of the molecule is Cc1nn(C)c2cnn(CCC(=O)NC(C)c3ccccc3)c12. The Kier molecular flexibility index (Phi) is 4.14. The van der Waals surface area contributed by atoms with Gasteiger partial charge in [-0.1, -0.05) is 30.3 Å². The standard InChI is InChI=1S/C17H21N5O/c1-12(14-7-5-4-6-8-14)19-16(23)9-10-22-17-13(2)20-21(3)15(17)11-18-22/h4-8,11-12H,9-10H2,1-3H3,(H,19,23). The van der Waals surface area contributed by atoms with Crippen LogP contribution in [0.1, 0.15) is 30.6 Å². The van der Waals surface area contributed by atoms with Crippen molar-refractivity contribution in [2.75, 3.05) is 0 Å². The summed E-state index contributed by atoms with van der Waals surface area (Å²) in [5, 5.41) is 11.8. The number of nitrogens with zero attached hydrogens (tertiary/aromatic N) is 4. The van der Waals surface area contributed by atoms with Gasteiger partial charge in [0, 0.05) is 13.5 Å². The molecule has 1 N–H and O–H groups in total. The zero-order valence-electron chi connectivity index (χ0n) is 13.7. The second-order valence-corrected chi connectivity index (χ2v) is 5.76. The predicted molar refractivity (Wildman–Crippen MR) is 88.9 cm³/mol. The number of rotatable bonds is 5. The third-order valence-corrected chi connectivity index (χ3v) is 4.04. The smallest absolute Gasteiger partial charge is 0.222 e. The zero-order valence-corrected chi connectivity index (χ0v) is 13.7. The molecule has 1 amide bonds. The van der Waals surface area contributed by atoms with Gasteiger partial charge in [0.15, 0.2) is 0 Å². The Balaban J connectivity index is 1.62. The molecule has 1 unspecified atom stereocenters. The van der Waals surface area contributed by atoms with Crippen LogP contribution in [0.25, 0.3) is 11.0 Å². The Morgan fingerprint density at radius 2 is 2.04 bits per heavy atom. The molecular weight excluding hydrogens is 290 g/mol. The Morgan fingerprint density at radius 1 is 1.30 bits per heavy atom. The number of hydrogen-bond acceptors (Lipinski definition) is 3. The van der Waals surface area contributed by atoms with Crippen LogP contribution in [0.5, 0.6) is 0 Å². The van der Waals surface area contributed by atoms with Crippen LogP contribution in [0.3, 0.4) is 0 Å². The molecule has 0 spiro atoms. The molecule has 0 fully saturated rings. The summed E-state index contributed by atoms with van der Waals surface area (Å²) in [7, 11) is 1.90. The minimum atomic E-state index is 0.00136.